The maximum Gasteiger partial charge on any atom is 0.223 e. The van der Waals surface area contributed by atoms with Crippen LogP contribution in [0.1, 0.15) is 52.5 Å². The smallest absolute Gasteiger partial charge is 0.223 e. The van der Waals surface area contributed by atoms with E-state index < -0.39 is 0 Å². The highest BCUT2D eigenvalue weighted by Gasteiger charge is 2.28. The maximum absolute atomic E-state index is 12.5. The summed E-state index contributed by atoms with van der Waals surface area (Å²) in [7, 11) is 0. The van der Waals surface area contributed by atoms with Crippen LogP contribution in [0.25, 0.3) is 0 Å². The summed E-state index contributed by atoms with van der Waals surface area (Å²) >= 11 is 5.92. The van der Waals surface area contributed by atoms with Crippen molar-refractivity contribution >= 4 is 23.2 Å². The number of hydrogen-bond acceptors (Lipinski definition) is 3. The van der Waals surface area contributed by atoms with E-state index >= 15 is 0 Å². The molecule has 1 aliphatic heterocycles. The Morgan fingerprint density at radius 1 is 1.33 bits per heavy atom. The van der Waals surface area contributed by atoms with Gasteiger partial charge in [0, 0.05) is 24.4 Å². The second-order valence-corrected chi connectivity index (χ2v) is 7.99. The molecule has 0 fully saturated rings. The summed E-state index contributed by atoms with van der Waals surface area (Å²) in [6.45, 7) is 9.69. The fraction of sp³-hybridized carbons (Fsp3) is 0.579. The molecule has 2 rings (SSSR count). The molecule has 1 aromatic rings. The third kappa shape index (κ3) is 5.52. The van der Waals surface area contributed by atoms with E-state index in [1.54, 1.807) is 0 Å². The molecule has 0 bridgehead atoms. The van der Waals surface area contributed by atoms with Crippen LogP contribution in [0, 0.1) is 5.41 Å². The van der Waals surface area contributed by atoms with Gasteiger partial charge in [-0.3, -0.25) is 4.79 Å². The minimum absolute atomic E-state index is 0.00935. The highest BCUT2D eigenvalue weighted by atomic mass is 35.5. The van der Waals surface area contributed by atoms with Crippen molar-refractivity contribution in [2.24, 2.45) is 10.6 Å². The molecule has 1 aromatic carbocycles. The van der Waals surface area contributed by atoms with Crippen LogP contribution in [-0.4, -0.2) is 35.7 Å². The van der Waals surface area contributed by atoms with Crippen molar-refractivity contribution in [3.8, 4) is 0 Å². The van der Waals surface area contributed by atoms with Crippen LogP contribution >= 0.6 is 11.6 Å². The molecule has 0 saturated carbocycles. The lowest BCUT2D eigenvalue weighted by Crippen LogP contribution is -2.39. The first-order chi connectivity index (χ1) is 11.3. The number of amides is 1. The number of rotatable bonds is 6. The summed E-state index contributed by atoms with van der Waals surface area (Å²) < 4.78 is 0. The molecule has 5 heteroatoms. The second kappa shape index (κ2) is 8.02. The minimum atomic E-state index is -0.0776. The second-order valence-electron chi connectivity index (χ2n) is 7.55. The molecule has 132 valence electrons. The molecule has 1 amide bonds. The number of oxime groups is 1. The molecule has 0 aromatic heterocycles. The molecule has 0 saturated heterocycles. The molecule has 1 unspecified atom stereocenters. The standard InChI is InChI=1S/C19H27ClN2O2/c1-5-10-22(18(23)12-19(2,3)4)13-16-11-17(21-24-16)14-6-8-15(20)9-7-14/h6-9,16H,5,10-13H2,1-4H3. The van der Waals surface area contributed by atoms with Crippen LogP contribution in [0.2, 0.25) is 5.02 Å². The van der Waals surface area contributed by atoms with Crippen LogP contribution in [-0.2, 0) is 9.63 Å². The molecule has 0 radical (unpaired) electrons. The SMILES string of the molecule is CCCN(CC1CC(c2ccc(Cl)cc2)=NO1)C(=O)CC(C)(C)C. The van der Waals surface area contributed by atoms with Gasteiger partial charge in [0.25, 0.3) is 0 Å². The Hall–Kier alpha value is -1.55. The van der Waals surface area contributed by atoms with Gasteiger partial charge in [-0.1, -0.05) is 56.6 Å². The van der Waals surface area contributed by atoms with Crippen LogP contribution in [0.15, 0.2) is 29.4 Å². The van der Waals surface area contributed by atoms with Gasteiger partial charge in [-0.15, -0.1) is 0 Å². The predicted molar refractivity (Wildman–Crippen MR) is 98.4 cm³/mol. The van der Waals surface area contributed by atoms with E-state index in [0.29, 0.717) is 24.4 Å². The fourth-order valence-corrected chi connectivity index (χ4v) is 2.86. The van der Waals surface area contributed by atoms with Gasteiger partial charge in [-0.2, -0.15) is 0 Å². The number of hydrogen-bond donors (Lipinski definition) is 0. The Morgan fingerprint density at radius 2 is 2.00 bits per heavy atom. The molecule has 1 aliphatic rings. The number of nitrogens with zero attached hydrogens (tertiary/aromatic N) is 2. The van der Waals surface area contributed by atoms with E-state index in [1.807, 2.05) is 29.2 Å². The largest absolute Gasteiger partial charge is 0.390 e. The lowest BCUT2D eigenvalue weighted by atomic mass is 9.91. The minimum Gasteiger partial charge on any atom is -0.390 e. The molecule has 0 N–H and O–H groups in total. The van der Waals surface area contributed by atoms with Crippen LogP contribution < -0.4 is 0 Å². The fourth-order valence-electron chi connectivity index (χ4n) is 2.74. The van der Waals surface area contributed by atoms with Gasteiger partial charge in [-0.05, 0) is 29.5 Å². The van der Waals surface area contributed by atoms with E-state index in [9.17, 15) is 4.79 Å². The van der Waals surface area contributed by atoms with Crippen LogP contribution in [0.3, 0.4) is 0 Å². The molecular weight excluding hydrogens is 324 g/mol. The Labute approximate surface area is 149 Å². The monoisotopic (exact) mass is 350 g/mol. The van der Waals surface area contributed by atoms with Crippen molar-refractivity contribution in [2.45, 2.75) is 53.1 Å². The summed E-state index contributed by atoms with van der Waals surface area (Å²) in [6, 6.07) is 7.59. The molecule has 4 nitrogen and oxygen atoms in total. The van der Waals surface area contributed by atoms with E-state index in [-0.39, 0.29) is 17.4 Å². The van der Waals surface area contributed by atoms with Crippen LogP contribution in [0.4, 0.5) is 0 Å². The zero-order valence-electron chi connectivity index (χ0n) is 15.0. The normalized spacial score (nSPS) is 17.4. The summed E-state index contributed by atoms with van der Waals surface area (Å²) in [5.41, 5.74) is 1.92. The number of carbonyl (C=O) groups is 1. The molecule has 0 aliphatic carbocycles. The average molecular weight is 351 g/mol. The topological polar surface area (TPSA) is 41.9 Å². The number of halogens is 1. The quantitative estimate of drug-likeness (QED) is 0.757. The summed E-state index contributed by atoms with van der Waals surface area (Å²) in [5.74, 6) is 0.188. The Kier molecular flexibility index (Phi) is 6.27. The van der Waals surface area contributed by atoms with E-state index in [1.165, 1.54) is 0 Å². The van der Waals surface area contributed by atoms with Crippen molar-refractivity contribution in [3.05, 3.63) is 34.9 Å². The van der Waals surface area contributed by atoms with Gasteiger partial charge >= 0.3 is 0 Å². The van der Waals surface area contributed by atoms with Crippen molar-refractivity contribution in [1.29, 1.82) is 0 Å². The third-order valence-electron chi connectivity index (χ3n) is 3.86. The predicted octanol–water partition coefficient (Wildman–Crippen LogP) is 4.51. The third-order valence-corrected chi connectivity index (χ3v) is 4.11. The molecular formula is C19H27ClN2O2. The van der Waals surface area contributed by atoms with Crippen molar-refractivity contribution < 1.29 is 9.63 Å². The van der Waals surface area contributed by atoms with Gasteiger partial charge in [-0.25, -0.2) is 0 Å². The number of benzene rings is 1. The first-order valence-electron chi connectivity index (χ1n) is 8.55. The highest BCUT2D eigenvalue weighted by Crippen LogP contribution is 2.22. The average Bonchev–Trinajstić information content (AvgIpc) is 2.94. The lowest BCUT2D eigenvalue weighted by Gasteiger charge is -2.27. The molecule has 24 heavy (non-hydrogen) atoms. The Bertz CT molecular complexity index is 590. The van der Waals surface area contributed by atoms with Gasteiger partial charge in [0.15, 0.2) is 6.10 Å². The van der Waals surface area contributed by atoms with Gasteiger partial charge < -0.3 is 9.74 Å². The van der Waals surface area contributed by atoms with E-state index in [4.69, 9.17) is 16.4 Å². The van der Waals surface area contributed by atoms with Crippen molar-refractivity contribution in [1.82, 2.24) is 4.90 Å². The Morgan fingerprint density at radius 3 is 2.58 bits per heavy atom. The van der Waals surface area contributed by atoms with E-state index in [0.717, 1.165) is 24.2 Å². The summed E-state index contributed by atoms with van der Waals surface area (Å²) in [6.07, 6.45) is 2.12. The van der Waals surface area contributed by atoms with E-state index in [2.05, 4.69) is 32.9 Å². The molecule has 1 atom stereocenters. The van der Waals surface area contributed by atoms with Crippen molar-refractivity contribution in [3.63, 3.8) is 0 Å². The zero-order chi connectivity index (χ0) is 17.7. The summed E-state index contributed by atoms with van der Waals surface area (Å²) in [5, 5.41) is 4.91. The number of carbonyl (C=O) groups excluding carboxylic acids is 1. The van der Waals surface area contributed by atoms with Gasteiger partial charge in [0.2, 0.25) is 5.91 Å². The Balaban J connectivity index is 1.95. The van der Waals surface area contributed by atoms with Gasteiger partial charge in [0.05, 0.1) is 12.3 Å². The molecule has 0 spiro atoms. The van der Waals surface area contributed by atoms with Crippen LogP contribution in [0.5, 0.6) is 0 Å². The maximum atomic E-state index is 12.5. The lowest BCUT2D eigenvalue weighted by molar-refractivity contribution is -0.134. The highest BCUT2D eigenvalue weighted by molar-refractivity contribution is 6.30. The zero-order valence-corrected chi connectivity index (χ0v) is 15.8. The van der Waals surface area contributed by atoms with Gasteiger partial charge in [0.1, 0.15) is 0 Å². The summed E-state index contributed by atoms with van der Waals surface area (Å²) in [4.78, 5) is 20.0. The first kappa shape index (κ1) is 18.8. The first-order valence-corrected chi connectivity index (χ1v) is 8.92. The van der Waals surface area contributed by atoms with Crippen molar-refractivity contribution in [2.75, 3.05) is 13.1 Å². The molecule has 1 heterocycles.